The predicted octanol–water partition coefficient (Wildman–Crippen LogP) is 2.79. The Kier molecular flexibility index (Phi) is 6.92. The van der Waals surface area contributed by atoms with Crippen LogP contribution in [-0.2, 0) is 20.9 Å². The molecule has 0 N–H and O–H groups in total. The van der Waals surface area contributed by atoms with Crippen LogP contribution in [0.15, 0.2) is 24.3 Å². The second kappa shape index (κ2) is 9.70. The molecule has 1 saturated carbocycles. The number of hydrogen-bond donors (Lipinski definition) is 0. The van der Waals surface area contributed by atoms with Crippen LogP contribution in [0.5, 0.6) is 5.75 Å². The molecule has 180 valence electrons. The highest BCUT2D eigenvalue weighted by Crippen LogP contribution is 2.38. The molecule has 33 heavy (non-hydrogen) atoms. The Morgan fingerprint density at radius 1 is 0.939 bits per heavy atom. The number of amides is 3. The number of halogens is 3. The average Bonchev–Trinajstić information content (AvgIpc) is 3.03. The summed E-state index contributed by atoms with van der Waals surface area (Å²) in [5.74, 6) is -0.949. The number of alkyl halides is 3. The Hall–Kier alpha value is -2.62. The number of imide groups is 1. The van der Waals surface area contributed by atoms with E-state index in [2.05, 4.69) is 9.64 Å². The molecule has 2 aliphatic heterocycles. The topological polar surface area (TPSA) is 70.2 Å². The number of fused-ring (bicyclic) bond motifs is 1. The number of likely N-dealkylation sites (tertiary alicyclic amines) is 1. The van der Waals surface area contributed by atoms with Gasteiger partial charge in [0.05, 0.1) is 11.8 Å². The number of carbonyl (C=O) groups is 3. The number of carbonyl (C=O) groups excluding carboxylic acids is 3. The predicted molar refractivity (Wildman–Crippen MR) is 112 cm³/mol. The van der Waals surface area contributed by atoms with Crippen molar-refractivity contribution in [3.8, 4) is 5.75 Å². The molecular weight excluding hydrogens is 439 g/mol. The molecule has 2 saturated heterocycles. The summed E-state index contributed by atoms with van der Waals surface area (Å²) in [6, 6.07) is 5.78. The Morgan fingerprint density at radius 2 is 1.52 bits per heavy atom. The van der Waals surface area contributed by atoms with Crippen molar-refractivity contribution in [2.24, 2.45) is 11.8 Å². The fourth-order valence-electron chi connectivity index (χ4n) is 5.03. The van der Waals surface area contributed by atoms with Crippen molar-refractivity contribution in [3.63, 3.8) is 0 Å². The fraction of sp³-hybridized carbons (Fsp3) is 0.609. The van der Waals surface area contributed by atoms with Crippen molar-refractivity contribution in [2.75, 3.05) is 32.7 Å². The molecule has 3 amide bonds. The van der Waals surface area contributed by atoms with E-state index in [1.54, 1.807) is 17.0 Å². The molecule has 3 aliphatic rings. The number of ether oxygens (including phenoxy) is 1. The highest BCUT2D eigenvalue weighted by atomic mass is 19.4. The summed E-state index contributed by atoms with van der Waals surface area (Å²) in [7, 11) is 0. The number of hydrogen-bond acceptors (Lipinski definition) is 5. The van der Waals surface area contributed by atoms with Crippen LogP contribution in [0.3, 0.4) is 0 Å². The van der Waals surface area contributed by atoms with Gasteiger partial charge in [-0.1, -0.05) is 25.0 Å². The second-order valence-electron chi connectivity index (χ2n) is 8.92. The van der Waals surface area contributed by atoms with Crippen LogP contribution in [0.1, 0.15) is 37.7 Å². The lowest BCUT2D eigenvalue weighted by Gasteiger charge is -2.35. The van der Waals surface area contributed by atoms with Crippen LogP contribution in [0.4, 0.5) is 13.2 Å². The van der Waals surface area contributed by atoms with Gasteiger partial charge in [-0.15, -0.1) is 13.2 Å². The maximum Gasteiger partial charge on any atom is 0.573 e. The average molecular weight is 467 g/mol. The zero-order valence-electron chi connectivity index (χ0n) is 18.4. The molecule has 0 aromatic heterocycles. The van der Waals surface area contributed by atoms with Gasteiger partial charge in [-0.2, -0.15) is 0 Å². The second-order valence-corrected chi connectivity index (χ2v) is 8.92. The van der Waals surface area contributed by atoms with E-state index in [-0.39, 0.29) is 48.3 Å². The summed E-state index contributed by atoms with van der Waals surface area (Å²) in [4.78, 5) is 42.9. The van der Waals surface area contributed by atoms with Gasteiger partial charge in [0.25, 0.3) is 0 Å². The first-order chi connectivity index (χ1) is 15.7. The number of nitrogens with zero attached hydrogens (tertiary/aromatic N) is 3. The smallest absolute Gasteiger partial charge is 0.406 e. The molecule has 7 nitrogen and oxygen atoms in total. The van der Waals surface area contributed by atoms with E-state index in [1.165, 1.54) is 17.0 Å². The Bertz CT molecular complexity index is 858. The van der Waals surface area contributed by atoms with Gasteiger partial charge in [0.15, 0.2) is 0 Å². The monoisotopic (exact) mass is 467 g/mol. The van der Waals surface area contributed by atoms with E-state index in [0.29, 0.717) is 32.7 Å². The fourth-order valence-corrected chi connectivity index (χ4v) is 5.03. The van der Waals surface area contributed by atoms with Crippen molar-refractivity contribution < 1.29 is 32.3 Å². The quantitative estimate of drug-likeness (QED) is 0.602. The largest absolute Gasteiger partial charge is 0.573 e. The lowest BCUT2D eigenvalue weighted by Crippen LogP contribution is -2.49. The first-order valence-corrected chi connectivity index (χ1v) is 11.4. The van der Waals surface area contributed by atoms with E-state index in [4.69, 9.17) is 0 Å². The molecule has 0 radical (unpaired) electrons. The molecule has 1 aromatic rings. The van der Waals surface area contributed by atoms with Crippen molar-refractivity contribution in [2.45, 2.75) is 45.0 Å². The molecule has 2 heterocycles. The third kappa shape index (κ3) is 5.66. The van der Waals surface area contributed by atoms with Crippen LogP contribution in [0.25, 0.3) is 0 Å². The minimum absolute atomic E-state index is 0.0706. The summed E-state index contributed by atoms with van der Waals surface area (Å²) in [5.41, 5.74) is 0.858. The van der Waals surface area contributed by atoms with Gasteiger partial charge in [-0.3, -0.25) is 24.2 Å². The summed E-state index contributed by atoms with van der Waals surface area (Å²) >= 11 is 0. The highest BCUT2D eigenvalue weighted by molar-refractivity contribution is 6.05. The molecular formula is C23H28F3N3O4. The molecule has 10 heteroatoms. The molecule has 2 atom stereocenters. The third-order valence-corrected chi connectivity index (χ3v) is 6.77. The first kappa shape index (κ1) is 23.5. The molecule has 1 aromatic carbocycles. The third-order valence-electron chi connectivity index (χ3n) is 6.77. The van der Waals surface area contributed by atoms with Crippen molar-refractivity contribution in [1.82, 2.24) is 14.7 Å². The minimum Gasteiger partial charge on any atom is -0.406 e. The van der Waals surface area contributed by atoms with Crippen LogP contribution in [0.2, 0.25) is 0 Å². The van der Waals surface area contributed by atoms with E-state index in [1.807, 2.05) is 0 Å². The maximum atomic E-state index is 12.7. The Balaban J connectivity index is 1.21. The molecule has 1 aliphatic carbocycles. The van der Waals surface area contributed by atoms with Crippen molar-refractivity contribution in [1.29, 1.82) is 0 Å². The van der Waals surface area contributed by atoms with Gasteiger partial charge in [0, 0.05) is 45.7 Å². The van der Waals surface area contributed by atoms with Crippen LogP contribution in [0, 0.1) is 11.8 Å². The lowest BCUT2D eigenvalue weighted by atomic mass is 9.81. The summed E-state index contributed by atoms with van der Waals surface area (Å²) in [6.45, 7) is 3.04. The Labute approximate surface area is 190 Å². The first-order valence-electron chi connectivity index (χ1n) is 11.4. The van der Waals surface area contributed by atoms with Gasteiger partial charge in [-0.25, -0.2) is 0 Å². The minimum atomic E-state index is -4.71. The van der Waals surface area contributed by atoms with E-state index in [9.17, 15) is 27.6 Å². The SMILES string of the molecule is O=C(CCN1C(=O)C2CCCCC2C1=O)N1CCN(Cc2ccc(OC(F)(F)F)cc2)CC1. The van der Waals surface area contributed by atoms with Gasteiger partial charge in [-0.05, 0) is 30.5 Å². The number of rotatable bonds is 6. The summed E-state index contributed by atoms with van der Waals surface area (Å²) < 4.78 is 40.7. The van der Waals surface area contributed by atoms with E-state index in [0.717, 1.165) is 31.2 Å². The lowest BCUT2D eigenvalue weighted by molar-refractivity contribution is -0.274. The van der Waals surface area contributed by atoms with E-state index < -0.39 is 6.36 Å². The van der Waals surface area contributed by atoms with Crippen LogP contribution < -0.4 is 4.74 Å². The van der Waals surface area contributed by atoms with Crippen LogP contribution >= 0.6 is 0 Å². The standard InChI is InChI=1S/C23H28F3N3O4/c24-23(25,26)33-17-7-5-16(6-8-17)15-27-11-13-28(14-12-27)20(30)9-10-29-21(31)18-3-1-2-4-19(18)22(29)32/h5-8,18-19H,1-4,9-15H2. The van der Waals surface area contributed by atoms with Crippen molar-refractivity contribution >= 4 is 17.7 Å². The maximum absolute atomic E-state index is 12.7. The van der Waals surface area contributed by atoms with E-state index >= 15 is 0 Å². The summed E-state index contributed by atoms with van der Waals surface area (Å²) in [5, 5.41) is 0. The summed E-state index contributed by atoms with van der Waals surface area (Å²) in [6.07, 6.45) is -1.10. The normalized spacial score (nSPS) is 24.2. The van der Waals surface area contributed by atoms with Gasteiger partial charge < -0.3 is 9.64 Å². The Morgan fingerprint density at radius 3 is 2.06 bits per heavy atom. The van der Waals surface area contributed by atoms with Gasteiger partial charge >= 0.3 is 6.36 Å². The zero-order valence-corrected chi connectivity index (χ0v) is 18.4. The zero-order chi connectivity index (χ0) is 23.6. The molecule has 0 bridgehead atoms. The highest BCUT2D eigenvalue weighted by Gasteiger charge is 2.47. The molecule has 4 rings (SSSR count). The number of benzene rings is 1. The number of piperazine rings is 1. The molecule has 2 unspecified atom stereocenters. The van der Waals surface area contributed by atoms with Crippen LogP contribution in [-0.4, -0.2) is 71.5 Å². The van der Waals surface area contributed by atoms with Gasteiger partial charge in [0.1, 0.15) is 5.75 Å². The van der Waals surface area contributed by atoms with Crippen molar-refractivity contribution in [3.05, 3.63) is 29.8 Å². The van der Waals surface area contributed by atoms with Gasteiger partial charge in [0.2, 0.25) is 17.7 Å². The molecule has 0 spiro atoms. The molecule has 3 fully saturated rings.